The Kier molecular flexibility index (Phi) is 6.04. The summed E-state index contributed by atoms with van der Waals surface area (Å²) in [5.74, 6) is 0. The van der Waals surface area contributed by atoms with E-state index in [1.165, 1.54) is 19.3 Å². The van der Waals surface area contributed by atoms with Crippen LogP contribution in [0.3, 0.4) is 0 Å². The molecule has 0 aromatic rings. The Morgan fingerprint density at radius 2 is 1.85 bits per heavy atom. The van der Waals surface area contributed by atoms with Crippen LogP contribution in [0.1, 0.15) is 40.0 Å². The van der Waals surface area contributed by atoms with Crippen molar-refractivity contribution in [3.8, 4) is 0 Å². The van der Waals surface area contributed by atoms with Crippen LogP contribution in [-0.4, -0.2) is 18.7 Å². The number of nitrogens with one attached hydrogen (secondary N) is 2. The Balaban J connectivity index is 3.22. The van der Waals surface area contributed by atoms with Gasteiger partial charge in [-0.3, -0.25) is 0 Å². The summed E-state index contributed by atoms with van der Waals surface area (Å²) in [5.41, 5.74) is 0.462. The third-order valence-corrected chi connectivity index (χ3v) is 2.21. The van der Waals surface area contributed by atoms with Crippen LogP contribution in [0.2, 0.25) is 0 Å². The molecule has 0 aliphatic rings. The lowest BCUT2D eigenvalue weighted by atomic mass is 9.90. The molecule has 2 N–H and O–H groups in total. The van der Waals surface area contributed by atoms with E-state index in [9.17, 15) is 0 Å². The van der Waals surface area contributed by atoms with Crippen LogP contribution in [0.25, 0.3) is 0 Å². The quantitative estimate of drug-likeness (QED) is 0.540. The predicted molar refractivity (Wildman–Crippen MR) is 63.0 cm³/mol. The SMILES string of the molecule is CNC(=S)NCCCCC(C)(C)C. The van der Waals surface area contributed by atoms with Crippen molar-refractivity contribution in [1.82, 2.24) is 10.6 Å². The minimum atomic E-state index is 0.462. The summed E-state index contributed by atoms with van der Waals surface area (Å²) in [6.07, 6.45) is 3.74. The summed E-state index contributed by atoms with van der Waals surface area (Å²) in [7, 11) is 1.84. The summed E-state index contributed by atoms with van der Waals surface area (Å²) >= 11 is 4.96. The number of unbranched alkanes of at least 4 members (excludes halogenated alkanes) is 1. The van der Waals surface area contributed by atoms with Crippen molar-refractivity contribution >= 4 is 17.3 Å². The zero-order chi connectivity index (χ0) is 10.3. The van der Waals surface area contributed by atoms with Crippen molar-refractivity contribution in [3.05, 3.63) is 0 Å². The van der Waals surface area contributed by atoms with E-state index in [0.717, 1.165) is 11.7 Å². The lowest BCUT2D eigenvalue weighted by Gasteiger charge is -2.17. The average molecular weight is 202 g/mol. The smallest absolute Gasteiger partial charge is 0.166 e. The van der Waals surface area contributed by atoms with Gasteiger partial charge in [0, 0.05) is 13.6 Å². The molecular formula is C10H22N2S. The van der Waals surface area contributed by atoms with E-state index in [-0.39, 0.29) is 0 Å². The summed E-state index contributed by atoms with van der Waals surface area (Å²) in [6.45, 7) is 7.81. The molecule has 0 bridgehead atoms. The van der Waals surface area contributed by atoms with Crippen LogP contribution in [0, 0.1) is 5.41 Å². The number of thiocarbonyl (C=S) groups is 1. The highest BCUT2D eigenvalue weighted by Crippen LogP contribution is 2.20. The second-order valence-corrected chi connectivity index (χ2v) is 4.93. The van der Waals surface area contributed by atoms with Gasteiger partial charge in [-0.05, 0) is 30.5 Å². The Labute approximate surface area is 87.5 Å². The minimum Gasteiger partial charge on any atom is -0.366 e. The average Bonchev–Trinajstić information content (AvgIpc) is 2.01. The van der Waals surface area contributed by atoms with Gasteiger partial charge in [0.2, 0.25) is 0 Å². The van der Waals surface area contributed by atoms with Crippen LogP contribution < -0.4 is 10.6 Å². The molecule has 0 rings (SSSR count). The predicted octanol–water partition coefficient (Wildman–Crippen LogP) is 2.30. The largest absolute Gasteiger partial charge is 0.366 e. The normalized spacial score (nSPS) is 11.1. The summed E-state index contributed by atoms with van der Waals surface area (Å²) in [5, 5.41) is 6.78. The van der Waals surface area contributed by atoms with Gasteiger partial charge in [0.05, 0.1) is 0 Å². The van der Waals surface area contributed by atoms with Gasteiger partial charge < -0.3 is 10.6 Å². The highest BCUT2D eigenvalue weighted by atomic mass is 32.1. The van der Waals surface area contributed by atoms with Gasteiger partial charge in [-0.25, -0.2) is 0 Å². The molecule has 0 aliphatic heterocycles. The zero-order valence-corrected chi connectivity index (χ0v) is 10.1. The molecule has 3 heteroatoms. The summed E-state index contributed by atoms with van der Waals surface area (Å²) < 4.78 is 0. The fourth-order valence-corrected chi connectivity index (χ4v) is 1.17. The second-order valence-electron chi connectivity index (χ2n) is 4.52. The fraction of sp³-hybridized carbons (Fsp3) is 0.900. The number of rotatable bonds is 4. The number of hydrogen-bond acceptors (Lipinski definition) is 1. The van der Waals surface area contributed by atoms with Crippen molar-refractivity contribution in [1.29, 1.82) is 0 Å². The van der Waals surface area contributed by atoms with Crippen LogP contribution in [0.5, 0.6) is 0 Å². The second kappa shape index (κ2) is 6.19. The monoisotopic (exact) mass is 202 g/mol. The topological polar surface area (TPSA) is 24.1 Å². The summed E-state index contributed by atoms with van der Waals surface area (Å²) in [4.78, 5) is 0. The highest BCUT2D eigenvalue weighted by Gasteiger charge is 2.08. The maximum Gasteiger partial charge on any atom is 0.166 e. The molecule has 13 heavy (non-hydrogen) atoms. The Bertz CT molecular complexity index is 149. The zero-order valence-electron chi connectivity index (χ0n) is 9.24. The number of hydrogen-bond donors (Lipinski definition) is 2. The van der Waals surface area contributed by atoms with E-state index in [1.54, 1.807) is 0 Å². The van der Waals surface area contributed by atoms with E-state index >= 15 is 0 Å². The van der Waals surface area contributed by atoms with E-state index in [0.29, 0.717) is 5.41 Å². The van der Waals surface area contributed by atoms with Gasteiger partial charge in [0.25, 0.3) is 0 Å². The third kappa shape index (κ3) is 9.61. The van der Waals surface area contributed by atoms with E-state index < -0.39 is 0 Å². The van der Waals surface area contributed by atoms with Crippen LogP contribution in [-0.2, 0) is 0 Å². The molecule has 2 nitrogen and oxygen atoms in total. The van der Waals surface area contributed by atoms with Gasteiger partial charge in [-0.1, -0.05) is 27.2 Å². The molecule has 0 heterocycles. The maximum absolute atomic E-state index is 4.96. The third-order valence-electron chi connectivity index (χ3n) is 1.87. The van der Waals surface area contributed by atoms with E-state index in [1.807, 2.05) is 7.05 Å². The first-order valence-corrected chi connectivity index (χ1v) is 5.32. The van der Waals surface area contributed by atoms with Gasteiger partial charge >= 0.3 is 0 Å². The lowest BCUT2D eigenvalue weighted by Crippen LogP contribution is -2.33. The molecule has 0 unspecified atom stereocenters. The first kappa shape index (κ1) is 12.7. The molecule has 0 atom stereocenters. The van der Waals surface area contributed by atoms with Crippen molar-refractivity contribution in [2.45, 2.75) is 40.0 Å². The highest BCUT2D eigenvalue weighted by molar-refractivity contribution is 7.80. The molecular weight excluding hydrogens is 180 g/mol. The molecule has 0 spiro atoms. The van der Waals surface area contributed by atoms with Crippen LogP contribution in [0.15, 0.2) is 0 Å². The molecule has 78 valence electrons. The Morgan fingerprint density at radius 1 is 1.23 bits per heavy atom. The Morgan fingerprint density at radius 3 is 2.31 bits per heavy atom. The molecule has 0 saturated heterocycles. The molecule has 0 radical (unpaired) electrons. The van der Waals surface area contributed by atoms with Gasteiger partial charge in [0.15, 0.2) is 5.11 Å². The van der Waals surface area contributed by atoms with Gasteiger partial charge in [-0.15, -0.1) is 0 Å². The van der Waals surface area contributed by atoms with Crippen molar-refractivity contribution in [2.24, 2.45) is 5.41 Å². The van der Waals surface area contributed by atoms with Crippen molar-refractivity contribution < 1.29 is 0 Å². The molecule has 0 aromatic carbocycles. The van der Waals surface area contributed by atoms with Crippen LogP contribution >= 0.6 is 12.2 Å². The molecule has 0 aromatic heterocycles. The molecule has 0 fully saturated rings. The molecule has 0 saturated carbocycles. The van der Waals surface area contributed by atoms with Gasteiger partial charge in [-0.2, -0.15) is 0 Å². The van der Waals surface area contributed by atoms with E-state index in [2.05, 4.69) is 31.4 Å². The van der Waals surface area contributed by atoms with Crippen molar-refractivity contribution in [2.75, 3.05) is 13.6 Å². The summed E-state index contributed by atoms with van der Waals surface area (Å²) in [6, 6.07) is 0. The maximum atomic E-state index is 4.96. The van der Waals surface area contributed by atoms with Gasteiger partial charge in [0.1, 0.15) is 0 Å². The Hall–Kier alpha value is -0.310. The minimum absolute atomic E-state index is 0.462. The first-order chi connectivity index (χ1) is 5.95. The molecule has 0 aliphatic carbocycles. The standard InChI is InChI=1S/C10H22N2S/c1-10(2,3)7-5-6-8-12-9(13)11-4/h5-8H2,1-4H3,(H2,11,12,13). The molecule has 0 amide bonds. The van der Waals surface area contributed by atoms with E-state index in [4.69, 9.17) is 12.2 Å². The van der Waals surface area contributed by atoms with Crippen molar-refractivity contribution in [3.63, 3.8) is 0 Å². The lowest BCUT2D eigenvalue weighted by molar-refractivity contribution is 0.360. The first-order valence-electron chi connectivity index (χ1n) is 4.91. The van der Waals surface area contributed by atoms with Crippen LogP contribution in [0.4, 0.5) is 0 Å². The fourth-order valence-electron chi connectivity index (χ4n) is 1.07.